The second kappa shape index (κ2) is 5.88. The molecule has 0 aromatic carbocycles. The minimum Gasteiger partial charge on any atom is -0.361 e. The van der Waals surface area contributed by atoms with E-state index in [1.807, 2.05) is 29.8 Å². The summed E-state index contributed by atoms with van der Waals surface area (Å²) in [6.07, 6.45) is 3.56. The van der Waals surface area contributed by atoms with Crippen LogP contribution in [0, 0.1) is 6.92 Å². The van der Waals surface area contributed by atoms with E-state index in [1.54, 1.807) is 30.5 Å². The van der Waals surface area contributed by atoms with Crippen LogP contribution in [0.5, 0.6) is 0 Å². The van der Waals surface area contributed by atoms with Gasteiger partial charge in [0.15, 0.2) is 5.69 Å². The Labute approximate surface area is 125 Å². The van der Waals surface area contributed by atoms with E-state index in [1.165, 1.54) is 0 Å². The maximum atomic E-state index is 11.9. The van der Waals surface area contributed by atoms with Crippen molar-refractivity contribution in [2.24, 2.45) is 0 Å². The largest absolute Gasteiger partial charge is 0.361 e. The van der Waals surface area contributed by atoms with Crippen molar-refractivity contribution in [2.75, 3.05) is 0 Å². The van der Waals surface area contributed by atoms with E-state index >= 15 is 0 Å². The first-order valence-electron chi connectivity index (χ1n) is 6.42. The summed E-state index contributed by atoms with van der Waals surface area (Å²) in [5, 5.41) is 8.51. The predicted molar refractivity (Wildman–Crippen MR) is 80.0 cm³/mol. The summed E-state index contributed by atoms with van der Waals surface area (Å²) in [5.41, 5.74) is 2.28. The minimum absolute atomic E-state index is 0.256. The van der Waals surface area contributed by atoms with Gasteiger partial charge in [0.05, 0.1) is 0 Å². The molecule has 21 heavy (non-hydrogen) atoms. The molecular formula is C15H13N3O2S. The van der Waals surface area contributed by atoms with Gasteiger partial charge in [-0.15, -0.1) is 11.3 Å². The number of carbonyl (C=O) groups is 1. The van der Waals surface area contributed by atoms with Crippen LogP contribution in [-0.2, 0) is 6.54 Å². The summed E-state index contributed by atoms with van der Waals surface area (Å²) in [6.45, 7) is 2.15. The first-order chi connectivity index (χ1) is 10.2. The number of aromatic nitrogens is 2. The molecule has 0 saturated heterocycles. The zero-order valence-electron chi connectivity index (χ0n) is 11.4. The zero-order chi connectivity index (χ0) is 14.7. The van der Waals surface area contributed by atoms with Crippen LogP contribution in [0.1, 0.15) is 21.8 Å². The standard InChI is InChI=1S/C15H13N3O2S/c1-10-5-13(18-20-10)15(19)17-8-11-6-12(9-16-7-11)14-3-2-4-21-14/h2-7,9H,8H2,1H3,(H,17,19). The van der Waals surface area contributed by atoms with Crippen molar-refractivity contribution in [1.82, 2.24) is 15.5 Å². The highest BCUT2D eigenvalue weighted by molar-refractivity contribution is 7.13. The van der Waals surface area contributed by atoms with Gasteiger partial charge in [0.1, 0.15) is 5.76 Å². The van der Waals surface area contributed by atoms with Gasteiger partial charge in [-0.2, -0.15) is 0 Å². The van der Waals surface area contributed by atoms with Crippen LogP contribution in [0.3, 0.4) is 0 Å². The number of nitrogens with one attached hydrogen (secondary N) is 1. The number of hydrogen-bond donors (Lipinski definition) is 1. The smallest absolute Gasteiger partial charge is 0.273 e. The molecular weight excluding hydrogens is 286 g/mol. The van der Waals surface area contributed by atoms with Crippen LogP contribution in [-0.4, -0.2) is 16.0 Å². The molecule has 3 aromatic rings. The molecule has 106 valence electrons. The Morgan fingerprint density at radius 1 is 1.38 bits per heavy atom. The molecule has 0 aliphatic rings. The van der Waals surface area contributed by atoms with Crippen molar-refractivity contribution in [3.63, 3.8) is 0 Å². The average Bonchev–Trinajstić information content (AvgIpc) is 3.16. The van der Waals surface area contributed by atoms with Gasteiger partial charge in [-0.1, -0.05) is 11.2 Å². The molecule has 1 N–H and O–H groups in total. The third kappa shape index (κ3) is 3.17. The fraction of sp³-hybridized carbons (Fsp3) is 0.133. The highest BCUT2D eigenvalue weighted by Crippen LogP contribution is 2.24. The summed E-state index contributed by atoms with van der Waals surface area (Å²) in [7, 11) is 0. The topological polar surface area (TPSA) is 68.0 Å². The van der Waals surface area contributed by atoms with E-state index in [9.17, 15) is 4.79 Å². The van der Waals surface area contributed by atoms with E-state index in [0.717, 1.165) is 16.0 Å². The van der Waals surface area contributed by atoms with Crippen molar-refractivity contribution in [2.45, 2.75) is 13.5 Å². The Hall–Kier alpha value is -2.47. The van der Waals surface area contributed by atoms with Gasteiger partial charge in [0, 0.05) is 35.4 Å². The second-order valence-corrected chi connectivity index (χ2v) is 5.51. The molecule has 6 heteroatoms. The van der Waals surface area contributed by atoms with Crippen molar-refractivity contribution in [1.29, 1.82) is 0 Å². The molecule has 0 spiro atoms. The van der Waals surface area contributed by atoms with Gasteiger partial charge < -0.3 is 9.84 Å². The molecule has 1 amide bonds. The van der Waals surface area contributed by atoms with Gasteiger partial charge in [-0.05, 0) is 30.0 Å². The van der Waals surface area contributed by atoms with Crippen LogP contribution in [0.2, 0.25) is 0 Å². The molecule has 3 rings (SSSR count). The molecule has 3 heterocycles. The minimum atomic E-state index is -0.256. The SMILES string of the molecule is Cc1cc(C(=O)NCc2cncc(-c3cccs3)c2)no1. The predicted octanol–water partition coefficient (Wildman–Crippen LogP) is 3.04. The van der Waals surface area contributed by atoms with E-state index in [2.05, 4.69) is 15.5 Å². The van der Waals surface area contributed by atoms with E-state index in [4.69, 9.17) is 4.52 Å². The van der Waals surface area contributed by atoms with E-state index in [0.29, 0.717) is 12.3 Å². The number of rotatable bonds is 4. The molecule has 5 nitrogen and oxygen atoms in total. The number of hydrogen-bond acceptors (Lipinski definition) is 5. The molecule has 0 fully saturated rings. The highest BCUT2D eigenvalue weighted by atomic mass is 32.1. The van der Waals surface area contributed by atoms with Gasteiger partial charge >= 0.3 is 0 Å². The lowest BCUT2D eigenvalue weighted by Gasteiger charge is -2.04. The quantitative estimate of drug-likeness (QED) is 0.804. The lowest BCUT2D eigenvalue weighted by Crippen LogP contribution is -2.23. The Balaban J connectivity index is 1.68. The van der Waals surface area contributed by atoms with Crippen molar-refractivity contribution < 1.29 is 9.32 Å². The lowest BCUT2D eigenvalue weighted by molar-refractivity contribution is 0.0942. The number of pyridine rings is 1. The van der Waals surface area contributed by atoms with Crippen LogP contribution in [0.25, 0.3) is 10.4 Å². The fourth-order valence-corrected chi connectivity index (χ4v) is 2.62. The Bertz CT molecular complexity index is 750. The molecule has 0 aliphatic carbocycles. The maximum Gasteiger partial charge on any atom is 0.273 e. The summed E-state index contributed by atoms with van der Waals surface area (Å²) >= 11 is 1.66. The highest BCUT2D eigenvalue weighted by Gasteiger charge is 2.10. The normalized spacial score (nSPS) is 10.5. The summed E-state index contributed by atoms with van der Waals surface area (Å²) in [4.78, 5) is 17.3. The first-order valence-corrected chi connectivity index (χ1v) is 7.29. The molecule has 3 aromatic heterocycles. The van der Waals surface area contributed by atoms with Crippen molar-refractivity contribution >= 4 is 17.2 Å². The van der Waals surface area contributed by atoms with Gasteiger partial charge in [0.2, 0.25) is 0 Å². The number of carbonyl (C=O) groups excluding carboxylic acids is 1. The average molecular weight is 299 g/mol. The number of amides is 1. The van der Waals surface area contributed by atoms with Crippen molar-refractivity contribution in [3.8, 4) is 10.4 Å². The first kappa shape index (κ1) is 13.5. The van der Waals surface area contributed by atoms with E-state index < -0.39 is 0 Å². The summed E-state index contributed by atoms with van der Waals surface area (Å²) in [5.74, 6) is 0.356. The molecule has 0 radical (unpaired) electrons. The molecule has 0 bridgehead atoms. The van der Waals surface area contributed by atoms with Gasteiger partial charge in [0.25, 0.3) is 5.91 Å². The van der Waals surface area contributed by atoms with E-state index in [-0.39, 0.29) is 11.6 Å². The Kier molecular flexibility index (Phi) is 3.79. The van der Waals surface area contributed by atoms with Crippen molar-refractivity contribution in [3.05, 3.63) is 59.1 Å². The number of nitrogens with zero attached hydrogens (tertiary/aromatic N) is 2. The van der Waals surface area contributed by atoms with Gasteiger partial charge in [-0.25, -0.2) is 0 Å². The third-order valence-corrected chi connectivity index (χ3v) is 3.83. The molecule has 0 aliphatic heterocycles. The lowest BCUT2D eigenvalue weighted by atomic mass is 10.2. The fourth-order valence-electron chi connectivity index (χ4n) is 1.91. The third-order valence-electron chi connectivity index (χ3n) is 2.91. The maximum absolute atomic E-state index is 11.9. The Morgan fingerprint density at radius 2 is 2.29 bits per heavy atom. The number of aryl methyl sites for hydroxylation is 1. The molecule has 0 saturated carbocycles. The summed E-state index contributed by atoms with van der Waals surface area (Å²) in [6, 6.07) is 7.67. The van der Waals surface area contributed by atoms with Crippen LogP contribution in [0.4, 0.5) is 0 Å². The Morgan fingerprint density at radius 3 is 3.00 bits per heavy atom. The second-order valence-electron chi connectivity index (χ2n) is 4.56. The van der Waals surface area contributed by atoms with Crippen LogP contribution in [0.15, 0.2) is 46.6 Å². The number of thiophene rings is 1. The van der Waals surface area contributed by atoms with Gasteiger partial charge in [-0.3, -0.25) is 9.78 Å². The monoisotopic (exact) mass is 299 g/mol. The van der Waals surface area contributed by atoms with Crippen LogP contribution >= 0.6 is 11.3 Å². The van der Waals surface area contributed by atoms with Crippen LogP contribution < -0.4 is 5.32 Å². The summed E-state index contributed by atoms with van der Waals surface area (Å²) < 4.78 is 4.88. The molecule has 0 unspecified atom stereocenters. The zero-order valence-corrected chi connectivity index (χ0v) is 12.2. The molecule has 0 atom stereocenters.